The summed E-state index contributed by atoms with van der Waals surface area (Å²) in [6, 6.07) is 6.57. The van der Waals surface area contributed by atoms with Crippen LogP contribution >= 0.6 is 0 Å². The Morgan fingerprint density at radius 1 is 1.35 bits per heavy atom. The molecule has 1 atom stereocenters. The third-order valence-electron chi connectivity index (χ3n) is 3.20. The lowest BCUT2D eigenvalue weighted by molar-refractivity contribution is 0.0957. The molecule has 1 aromatic carbocycles. The Morgan fingerprint density at radius 3 is 2.70 bits per heavy atom. The lowest BCUT2D eigenvalue weighted by Crippen LogP contribution is -2.18. The first-order chi connectivity index (χ1) is 9.56. The Balaban J connectivity index is 2.34. The van der Waals surface area contributed by atoms with Gasteiger partial charge in [-0.2, -0.15) is 5.10 Å². The zero-order valence-electron chi connectivity index (χ0n) is 11.6. The van der Waals surface area contributed by atoms with Gasteiger partial charge in [-0.3, -0.25) is 4.79 Å². The van der Waals surface area contributed by atoms with Crippen molar-refractivity contribution in [2.75, 3.05) is 14.1 Å². The summed E-state index contributed by atoms with van der Waals surface area (Å²) in [6.07, 6.45) is 1.56. The molecular weight excluding hydrogens is 259 g/mol. The van der Waals surface area contributed by atoms with Crippen molar-refractivity contribution in [1.29, 1.82) is 0 Å². The third kappa shape index (κ3) is 2.70. The first-order valence-corrected chi connectivity index (χ1v) is 6.31. The van der Waals surface area contributed by atoms with Gasteiger partial charge in [0.25, 0.3) is 5.91 Å². The van der Waals surface area contributed by atoms with Crippen LogP contribution in [0.25, 0.3) is 5.69 Å². The lowest BCUT2D eigenvalue weighted by atomic mass is 10.1. The molecule has 0 bridgehead atoms. The van der Waals surface area contributed by atoms with Crippen LogP contribution in [-0.2, 0) is 0 Å². The molecule has 2 rings (SSSR count). The first-order valence-electron chi connectivity index (χ1n) is 6.31. The minimum Gasteiger partial charge on any atom is -0.354 e. The highest BCUT2D eigenvalue weighted by Gasteiger charge is 2.12. The summed E-state index contributed by atoms with van der Waals surface area (Å²) in [6.45, 7) is 1.95. The molecule has 0 saturated carbocycles. The maximum absolute atomic E-state index is 14.1. The average molecular weight is 276 g/mol. The molecule has 0 aliphatic rings. The fourth-order valence-electron chi connectivity index (χ4n) is 1.85. The van der Waals surface area contributed by atoms with Gasteiger partial charge in [0.05, 0.1) is 0 Å². The maximum Gasteiger partial charge on any atom is 0.271 e. The summed E-state index contributed by atoms with van der Waals surface area (Å²) in [7, 11) is 3.34. The predicted molar refractivity (Wildman–Crippen MR) is 74.4 cm³/mol. The van der Waals surface area contributed by atoms with Crippen LogP contribution in [0.1, 0.15) is 29.0 Å². The molecule has 2 N–H and O–H groups in total. The molecule has 0 radical (unpaired) electrons. The summed E-state index contributed by atoms with van der Waals surface area (Å²) in [5, 5.41) is 9.58. The summed E-state index contributed by atoms with van der Waals surface area (Å²) in [5.74, 6) is -0.680. The lowest BCUT2D eigenvalue weighted by Gasteiger charge is -2.12. The van der Waals surface area contributed by atoms with Crippen molar-refractivity contribution in [1.82, 2.24) is 20.4 Å². The second-order valence-corrected chi connectivity index (χ2v) is 4.45. The number of halogens is 1. The van der Waals surface area contributed by atoms with Gasteiger partial charge in [0.2, 0.25) is 0 Å². The topological polar surface area (TPSA) is 59.0 Å². The van der Waals surface area contributed by atoms with E-state index in [2.05, 4.69) is 15.7 Å². The highest BCUT2D eigenvalue weighted by Crippen LogP contribution is 2.19. The summed E-state index contributed by atoms with van der Waals surface area (Å²) >= 11 is 0. The van der Waals surface area contributed by atoms with Crippen LogP contribution in [0.3, 0.4) is 0 Å². The van der Waals surface area contributed by atoms with E-state index in [1.807, 2.05) is 20.0 Å². The minimum absolute atomic E-state index is 0.0672. The molecule has 0 aliphatic carbocycles. The second kappa shape index (κ2) is 5.83. The maximum atomic E-state index is 14.1. The zero-order chi connectivity index (χ0) is 14.7. The highest BCUT2D eigenvalue weighted by atomic mass is 19.1. The van der Waals surface area contributed by atoms with E-state index in [0.717, 1.165) is 5.56 Å². The van der Waals surface area contributed by atoms with Crippen LogP contribution in [0, 0.1) is 5.82 Å². The monoisotopic (exact) mass is 276 g/mol. The van der Waals surface area contributed by atoms with Gasteiger partial charge < -0.3 is 10.6 Å². The molecule has 0 spiro atoms. The van der Waals surface area contributed by atoms with Gasteiger partial charge in [-0.15, -0.1) is 0 Å². The number of amides is 1. The van der Waals surface area contributed by atoms with Crippen molar-refractivity contribution in [3.8, 4) is 5.69 Å². The Bertz CT molecular complexity index is 623. The Hall–Kier alpha value is -2.21. The first kappa shape index (κ1) is 14.2. The molecule has 1 amide bonds. The largest absolute Gasteiger partial charge is 0.354 e. The number of rotatable bonds is 4. The van der Waals surface area contributed by atoms with E-state index in [4.69, 9.17) is 0 Å². The van der Waals surface area contributed by atoms with Gasteiger partial charge in [-0.25, -0.2) is 9.07 Å². The molecule has 20 heavy (non-hydrogen) atoms. The van der Waals surface area contributed by atoms with Crippen molar-refractivity contribution in [2.24, 2.45) is 0 Å². The van der Waals surface area contributed by atoms with E-state index in [9.17, 15) is 9.18 Å². The van der Waals surface area contributed by atoms with E-state index < -0.39 is 0 Å². The number of nitrogens with one attached hydrogen (secondary N) is 2. The van der Waals surface area contributed by atoms with Crippen molar-refractivity contribution in [3.63, 3.8) is 0 Å². The molecule has 0 saturated heterocycles. The Morgan fingerprint density at radius 2 is 2.10 bits per heavy atom. The normalized spacial score (nSPS) is 12.2. The Labute approximate surface area is 116 Å². The fourth-order valence-corrected chi connectivity index (χ4v) is 1.85. The van der Waals surface area contributed by atoms with Gasteiger partial charge in [-0.1, -0.05) is 6.07 Å². The second-order valence-electron chi connectivity index (χ2n) is 4.45. The van der Waals surface area contributed by atoms with Crippen LogP contribution in [0.5, 0.6) is 0 Å². The molecule has 1 heterocycles. The standard InChI is InChI=1S/C14H17FN4O/c1-9(16-2)10-4-5-13(11(15)8-10)19-7-6-12(18-19)14(20)17-3/h4-9,16H,1-3H3,(H,17,20). The van der Waals surface area contributed by atoms with Crippen LogP contribution in [0.2, 0.25) is 0 Å². The van der Waals surface area contributed by atoms with Crippen LogP contribution in [0.4, 0.5) is 4.39 Å². The van der Waals surface area contributed by atoms with Crippen molar-refractivity contribution in [2.45, 2.75) is 13.0 Å². The Kier molecular flexibility index (Phi) is 4.14. The van der Waals surface area contributed by atoms with Gasteiger partial charge in [0.1, 0.15) is 11.5 Å². The number of hydrogen-bond acceptors (Lipinski definition) is 3. The molecule has 6 heteroatoms. The zero-order valence-corrected chi connectivity index (χ0v) is 11.6. The van der Waals surface area contributed by atoms with Crippen LogP contribution in [0.15, 0.2) is 30.5 Å². The van der Waals surface area contributed by atoms with E-state index in [1.165, 1.54) is 17.8 Å². The number of carbonyl (C=O) groups excluding carboxylic acids is 1. The third-order valence-corrected chi connectivity index (χ3v) is 3.20. The van der Waals surface area contributed by atoms with Gasteiger partial charge in [0, 0.05) is 19.3 Å². The van der Waals surface area contributed by atoms with Gasteiger partial charge >= 0.3 is 0 Å². The number of nitrogens with zero attached hydrogens (tertiary/aromatic N) is 2. The van der Waals surface area contributed by atoms with Crippen LogP contribution < -0.4 is 10.6 Å². The average Bonchev–Trinajstić information content (AvgIpc) is 2.94. The fraction of sp³-hybridized carbons (Fsp3) is 0.286. The molecule has 0 aliphatic heterocycles. The SMILES string of the molecule is CNC(=O)c1ccn(-c2ccc(C(C)NC)cc2F)n1. The number of carbonyl (C=O) groups is 1. The smallest absolute Gasteiger partial charge is 0.271 e. The summed E-state index contributed by atoms with van der Waals surface area (Å²) < 4.78 is 15.5. The van der Waals surface area contributed by atoms with Crippen molar-refractivity contribution in [3.05, 3.63) is 47.5 Å². The highest BCUT2D eigenvalue weighted by molar-refractivity contribution is 5.91. The molecule has 2 aromatic rings. The summed E-state index contributed by atoms with van der Waals surface area (Å²) in [5.41, 5.74) is 1.42. The number of benzene rings is 1. The predicted octanol–water partition coefficient (Wildman–Crippen LogP) is 1.65. The quantitative estimate of drug-likeness (QED) is 0.892. The minimum atomic E-state index is -0.379. The van der Waals surface area contributed by atoms with E-state index in [-0.39, 0.29) is 23.5 Å². The van der Waals surface area contributed by atoms with E-state index in [1.54, 1.807) is 18.3 Å². The molecular formula is C14H17FN4O. The van der Waals surface area contributed by atoms with E-state index >= 15 is 0 Å². The number of aromatic nitrogens is 2. The van der Waals surface area contributed by atoms with Crippen molar-refractivity contribution >= 4 is 5.91 Å². The van der Waals surface area contributed by atoms with Crippen molar-refractivity contribution < 1.29 is 9.18 Å². The number of hydrogen-bond donors (Lipinski definition) is 2. The molecule has 5 nitrogen and oxygen atoms in total. The molecule has 0 fully saturated rings. The molecule has 1 aromatic heterocycles. The molecule has 106 valence electrons. The van der Waals surface area contributed by atoms with Gasteiger partial charge in [0.15, 0.2) is 5.69 Å². The van der Waals surface area contributed by atoms with Gasteiger partial charge in [-0.05, 0) is 37.7 Å². The van der Waals surface area contributed by atoms with Crippen LogP contribution in [-0.4, -0.2) is 29.8 Å². The molecule has 1 unspecified atom stereocenters. The van der Waals surface area contributed by atoms with E-state index in [0.29, 0.717) is 5.69 Å². The summed E-state index contributed by atoms with van der Waals surface area (Å²) in [4.78, 5) is 11.4.